The van der Waals surface area contributed by atoms with Crippen LogP contribution in [0.2, 0.25) is 0 Å². The first kappa shape index (κ1) is 52.0. The molecule has 314 valence electrons. The number of carboxylic acids is 1. The van der Waals surface area contributed by atoms with Gasteiger partial charge in [0.05, 0.1) is 46.7 Å². The maximum Gasteiger partial charge on any atom is 0.310 e. The third-order valence-corrected chi connectivity index (χ3v) is 8.44. The summed E-state index contributed by atoms with van der Waals surface area (Å²) >= 11 is 0. The second kappa shape index (κ2) is 37.9. The molecule has 0 aliphatic rings. The zero-order valence-corrected chi connectivity index (χ0v) is 35.5. The van der Waals surface area contributed by atoms with E-state index >= 15 is 0 Å². The minimum Gasteiger partial charge on any atom is -0.544 e. The molecule has 8 nitrogen and oxygen atoms in total. The van der Waals surface area contributed by atoms with Gasteiger partial charge in [-0.25, -0.2) is 0 Å². The highest BCUT2D eigenvalue weighted by Crippen LogP contribution is 2.10. The first-order valence-electron chi connectivity index (χ1n) is 20.9. The summed E-state index contributed by atoms with van der Waals surface area (Å²) in [5.74, 6) is -1.94. The van der Waals surface area contributed by atoms with Gasteiger partial charge in [-0.15, -0.1) is 0 Å². The Balaban J connectivity index is 4.39. The third kappa shape index (κ3) is 35.7. The van der Waals surface area contributed by atoms with Crippen LogP contribution < -0.4 is 5.11 Å². The van der Waals surface area contributed by atoms with Crippen molar-refractivity contribution in [2.75, 3.05) is 41.0 Å². The molecule has 0 bridgehead atoms. The first-order chi connectivity index (χ1) is 27.1. The summed E-state index contributed by atoms with van der Waals surface area (Å²) in [5.41, 5.74) is 0. The third-order valence-electron chi connectivity index (χ3n) is 8.44. The number of hydrogen-bond acceptors (Lipinski definition) is 7. The Morgan fingerprint density at radius 3 is 1.46 bits per heavy atom. The molecule has 2 unspecified atom stereocenters. The van der Waals surface area contributed by atoms with Gasteiger partial charge in [-0.1, -0.05) is 136 Å². The summed E-state index contributed by atoms with van der Waals surface area (Å²) < 4.78 is 16.9. The van der Waals surface area contributed by atoms with E-state index in [2.05, 4.69) is 105 Å². The predicted octanol–water partition coefficient (Wildman–Crippen LogP) is 9.96. The van der Waals surface area contributed by atoms with Crippen LogP contribution in [0.4, 0.5) is 0 Å². The quantitative estimate of drug-likeness (QED) is 0.0273. The number of allylic oxidation sites excluding steroid dienone is 17. The van der Waals surface area contributed by atoms with Crippen LogP contribution >= 0.6 is 0 Å². The Labute approximate surface area is 340 Å². The average Bonchev–Trinajstić information content (AvgIpc) is 3.15. The molecule has 0 aromatic heterocycles. The van der Waals surface area contributed by atoms with Crippen LogP contribution in [-0.2, 0) is 28.6 Å². The summed E-state index contributed by atoms with van der Waals surface area (Å²) in [7, 11) is 5.35. The fraction of sp³-hybridized carbons (Fsp3) is 0.562. The number of carbonyl (C=O) groups is 3. The molecule has 0 spiro atoms. The molecule has 0 rings (SSSR count). The second-order valence-electron chi connectivity index (χ2n) is 14.5. The number of carbonyl (C=O) groups excluding carboxylic acids is 3. The van der Waals surface area contributed by atoms with Crippen LogP contribution in [0, 0.1) is 0 Å². The van der Waals surface area contributed by atoms with Crippen molar-refractivity contribution in [2.45, 2.75) is 135 Å². The van der Waals surface area contributed by atoms with E-state index in [0.717, 1.165) is 83.5 Å². The monoisotopic (exact) mass is 778 g/mol. The molecule has 0 radical (unpaired) electrons. The van der Waals surface area contributed by atoms with Crippen molar-refractivity contribution in [1.82, 2.24) is 0 Å². The van der Waals surface area contributed by atoms with E-state index in [1.807, 2.05) is 12.2 Å². The molecule has 56 heavy (non-hydrogen) atoms. The number of unbranched alkanes of at least 4 members (excludes halogenated alkanes) is 4. The maximum absolute atomic E-state index is 12.6. The number of ether oxygens (including phenoxy) is 3. The number of aliphatic carboxylic acids is 1. The number of nitrogens with zero attached hydrogens (tertiary/aromatic N) is 1. The van der Waals surface area contributed by atoms with Crippen LogP contribution in [0.1, 0.15) is 123 Å². The van der Waals surface area contributed by atoms with Gasteiger partial charge in [-0.3, -0.25) is 9.59 Å². The van der Waals surface area contributed by atoms with Crippen molar-refractivity contribution >= 4 is 17.9 Å². The lowest BCUT2D eigenvalue weighted by Crippen LogP contribution is -2.55. The summed E-state index contributed by atoms with van der Waals surface area (Å²) in [5, 5.41) is 11.6. The van der Waals surface area contributed by atoms with E-state index in [9.17, 15) is 19.5 Å². The summed E-state index contributed by atoms with van der Waals surface area (Å²) in [6.45, 7) is 4.25. The Kier molecular flexibility index (Phi) is 35.2. The molecule has 0 saturated heterocycles. The van der Waals surface area contributed by atoms with E-state index in [4.69, 9.17) is 14.2 Å². The number of hydrogen-bond donors (Lipinski definition) is 0. The normalized spacial score (nSPS) is 14.1. The molecule has 0 amide bonds. The highest BCUT2D eigenvalue weighted by Gasteiger charge is 2.25. The van der Waals surface area contributed by atoms with Crippen LogP contribution in [0.5, 0.6) is 0 Å². The predicted molar refractivity (Wildman–Crippen MR) is 231 cm³/mol. The van der Waals surface area contributed by atoms with Crippen molar-refractivity contribution in [1.29, 1.82) is 0 Å². The molecule has 0 fully saturated rings. The SMILES string of the molecule is CC/C=C/C/C=C/C/C=C/C/C=C/C/C=C/C/C=C/CCCCCCC(=O)OCC(COCCC(C(=O)[O-])[N+](C)(C)C)OC(=O)C/C=C/C/C=C/C/C=C/CC. The molecule has 0 N–H and O–H groups in total. The highest BCUT2D eigenvalue weighted by molar-refractivity contribution is 5.71. The van der Waals surface area contributed by atoms with Gasteiger partial charge in [-0.05, 0) is 77.0 Å². The molecule has 0 saturated carbocycles. The zero-order chi connectivity index (χ0) is 41.4. The Morgan fingerprint density at radius 2 is 1.00 bits per heavy atom. The van der Waals surface area contributed by atoms with E-state index in [1.165, 1.54) is 0 Å². The van der Waals surface area contributed by atoms with Crippen molar-refractivity contribution in [3.05, 3.63) is 109 Å². The van der Waals surface area contributed by atoms with Gasteiger partial charge in [-0.2, -0.15) is 0 Å². The maximum atomic E-state index is 12.6. The average molecular weight is 778 g/mol. The van der Waals surface area contributed by atoms with Crippen LogP contribution in [0.15, 0.2) is 109 Å². The lowest BCUT2D eigenvalue weighted by atomic mass is 10.1. The van der Waals surface area contributed by atoms with Crippen LogP contribution in [0.3, 0.4) is 0 Å². The van der Waals surface area contributed by atoms with Gasteiger partial charge in [0.2, 0.25) is 0 Å². The fourth-order valence-electron chi connectivity index (χ4n) is 5.25. The van der Waals surface area contributed by atoms with Gasteiger partial charge >= 0.3 is 11.9 Å². The van der Waals surface area contributed by atoms with Crippen molar-refractivity contribution in [2.24, 2.45) is 0 Å². The van der Waals surface area contributed by atoms with Crippen LogP contribution in [0.25, 0.3) is 0 Å². The topological polar surface area (TPSA) is 102 Å². The smallest absolute Gasteiger partial charge is 0.310 e. The standard InChI is InChI=1S/C48H75NO7/c1-6-8-10-12-14-16-17-18-19-20-21-22-23-24-25-26-27-28-29-31-32-34-36-38-46(50)55-43-44(42-54-41-40-45(48(52)53)49(3,4)5)56-47(51)39-37-35-33-30-15-13-11-9-7-2/h8-11,14-16,18-19,21-22,24-25,27-28,30,35,37,44-45H,6-7,12-13,17,20,23,26,29,31-34,36,38-43H2,1-5H3/b10-8+,11-9+,16-14+,19-18+,22-21+,25-24+,28-27+,30-15+,37-35+. The summed E-state index contributed by atoms with van der Waals surface area (Å²) in [4.78, 5) is 36.6. The summed E-state index contributed by atoms with van der Waals surface area (Å²) in [6.07, 6.45) is 51.6. The Bertz CT molecular complexity index is 1280. The molecular weight excluding hydrogens is 703 g/mol. The number of esters is 2. The lowest BCUT2D eigenvalue weighted by Gasteiger charge is -2.34. The van der Waals surface area contributed by atoms with E-state index in [1.54, 1.807) is 27.2 Å². The van der Waals surface area contributed by atoms with Crippen LogP contribution in [-0.4, -0.2) is 75.5 Å². The van der Waals surface area contributed by atoms with E-state index < -0.39 is 24.1 Å². The second-order valence-corrected chi connectivity index (χ2v) is 14.5. The largest absolute Gasteiger partial charge is 0.544 e. The molecule has 0 aliphatic carbocycles. The van der Waals surface area contributed by atoms with Gasteiger partial charge in [0.25, 0.3) is 0 Å². The molecule has 0 aromatic rings. The minimum absolute atomic E-state index is 0.0116. The van der Waals surface area contributed by atoms with Gasteiger partial charge < -0.3 is 28.6 Å². The molecular formula is C48H75NO7. The number of rotatable bonds is 35. The Hall–Kier alpha value is -4.01. The lowest BCUT2D eigenvalue weighted by molar-refractivity contribution is -0.889. The van der Waals surface area contributed by atoms with Crippen molar-refractivity contribution in [3.63, 3.8) is 0 Å². The van der Waals surface area contributed by atoms with E-state index in [-0.39, 0.29) is 43.1 Å². The molecule has 0 aliphatic heterocycles. The zero-order valence-electron chi connectivity index (χ0n) is 35.5. The first-order valence-corrected chi connectivity index (χ1v) is 20.9. The fourth-order valence-corrected chi connectivity index (χ4v) is 5.25. The van der Waals surface area contributed by atoms with Gasteiger partial charge in [0, 0.05) is 12.8 Å². The molecule has 0 aromatic carbocycles. The minimum atomic E-state index is -1.15. The van der Waals surface area contributed by atoms with Crippen molar-refractivity contribution in [3.8, 4) is 0 Å². The van der Waals surface area contributed by atoms with Gasteiger partial charge in [0.1, 0.15) is 12.6 Å². The van der Waals surface area contributed by atoms with Crippen molar-refractivity contribution < 1.29 is 38.2 Å². The Morgan fingerprint density at radius 1 is 0.554 bits per heavy atom. The molecule has 2 atom stereocenters. The number of quaternary nitrogens is 1. The number of carboxylic acid groups (broad SMARTS) is 1. The number of likely N-dealkylation sites (N-methyl/N-ethyl adjacent to an activating group) is 1. The van der Waals surface area contributed by atoms with E-state index in [0.29, 0.717) is 12.8 Å². The van der Waals surface area contributed by atoms with Gasteiger partial charge in [0.15, 0.2) is 6.10 Å². The molecule has 0 heterocycles. The molecule has 8 heteroatoms. The highest BCUT2D eigenvalue weighted by atomic mass is 16.6. The summed E-state index contributed by atoms with van der Waals surface area (Å²) in [6, 6.07) is -0.749.